The van der Waals surface area contributed by atoms with Gasteiger partial charge in [0.05, 0.1) is 25.7 Å². The Balaban J connectivity index is 2.17. The van der Waals surface area contributed by atoms with Crippen LogP contribution in [-0.2, 0) is 4.79 Å². The van der Waals surface area contributed by atoms with E-state index in [-0.39, 0.29) is 5.75 Å². The van der Waals surface area contributed by atoms with Gasteiger partial charge in [0.2, 0.25) is 0 Å². The van der Waals surface area contributed by atoms with Gasteiger partial charge in [-0.2, -0.15) is 0 Å². The average molecular weight is 372 g/mol. The summed E-state index contributed by atoms with van der Waals surface area (Å²) in [5.74, 6) is 0.688. The molecule has 1 N–H and O–H groups in total. The van der Waals surface area contributed by atoms with E-state index in [9.17, 15) is 4.79 Å². The van der Waals surface area contributed by atoms with Crippen LogP contribution in [0, 0.1) is 0 Å². The predicted molar refractivity (Wildman–Crippen MR) is 96.1 cm³/mol. The molecule has 3 aromatic rings. The van der Waals surface area contributed by atoms with Crippen LogP contribution in [0.1, 0.15) is 0 Å². The standard InChI is InChI=1S/C17H16N4O4S/c1-24-12-3-4-13(14(9-12)25-2)21-16(11-5-7-18-8-6-11)19-20-17(21)26-10-15(22)23/h3-9H,10H2,1-2H3,(H,22,23). The third-order valence-corrected chi connectivity index (χ3v) is 4.44. The second-order valence-electron chi connectivity index (χ2n) is 5.10. The molecule has 0 aliphatic rings. The first-order valence-corrected chi connectivity index (χ1v) is 8.55. The number of methoxy groups -OCH3 is 2. The Morgan fingerprint density at radius 3 is 2.58 bits per heavy atom. The van der Waals surface area contributed by atoms with Gasteiger partial charge in [-0.15, -0.1) is 10.2 Å². The molecule has 0 atom stereocenters. The number of hydrogen-bond acceptors (Lipinski definition) is 7. The zero-order valence-corrected chi connectivity index (χ0v) is 14.9. The molecule has 0 amide bonds. The lowest BCUT2D eigenvalue weighted by Gasteiger charge is -2.14. The fourth-order valence-corrected chi connectivity index (χ4v) is 3.03. The monoisotopic (exact) mass is 372 g/mol. The molecule has 2 heterocycles. The Labute approximate surface area is 153 Å². The molecular weight excluding hydrogens is 356 g/mol. The number of nitrogens with zero attached hydrogens (tertiary/aromatic N) is 4. The Hall–Kier alpha value is -3.07. The molecule has 134 valence electrons. The zero-order valence-electron chi connectivity index (χ0n) is 14.1. The highest BCUT2D eigenvalue weighted by Crippen LogP contribution is 2.34. The lowest BCUT2D eigenvalue weighted by molar-refractivity contribution is -0.133. The SMILES string of the molecule is COc1ccc(-n2c(SCC(=O)O)nnc2-c2ccncc2)c(OC)c1. The van der Waals surface area contributed by atoms with Crippen LogP contribution in [0.5, 0.6) is 11.5 Å². The summed E-state index contributed by atoms with van der Waals surface area (Å²) in [6.07, 6.45) is 3.31. The lowest BCUT2D eigenvalue weighted by Crippen LogP contribution is -2.05. The summed E-state index contributed by atoms with van der Waals surface area (Å²) >= 11 is 1.08. The number of carbonyl (C=O) groups is 1. The van der Waals surface area contributed by atoms with Crippen molar-refractivity contribution < 1.29 is 19.4 Å². The van der Waals surface area contributed by atoms with Crippen LogP contribution in [0.15, 0.2) is 47.9 Å². The molecule has 0 unspecified atom stereocenters. The first-order chi connectivity index (χ1) is 12.6. The molecule has 9 heteroatoms. The second kappa shape index (κ2) is 7.87. The van der Waals surface area contributed by atoms with E-state index in [0.29, 0.717) is 28.2 Å². The van der Waals surface area contributed by atoms with E-state index in [1.54, 1.807) is 43.3 Å². The highest BCUT2D eigenvalue weighted by atomic mass is 32.2. The van der Waals surface area contributed by atoms with E-state index in [4.69, 9.17) is 14.6 Å². The minimum absolute atomic E-state index is 0.132. The molecule has 8 nitrogen and oxygen atoms in total. The normalized spacial score (nSPS) is 10.5. The van der Waals surface area contributed by atoms with Crippen LogP contribution >= 0.6 is 11.8 Å². The molecule has 1 aromatic carbocycles. The van der Waals surface area contributed by atoms with Crippen molar-refractivity contribution in [2.24, 2.45) is 0 Å². The van der Waals surface area contributed by atoms with Crippen LogP contribution in [0.3, 0.4) is 0 Å². The van der Waals surface area contributed by atoms with E-state index in [1.807, 2.05) is 18.2 Å². The van der Waals surface area contributed by atoms with Crippen molar-refractivity contribution in [1.29, 1.82) is 0 Å². The number of benzene rings is 1. The largest absolute Gasteiger partial charge is 0.497 e. The lowest BCUT2D eigenvalue weighted by atomic mass is 10.2. The summed E-state index contributed by atoms with van der Waals surface area (Å²) in [5.41, 5.74) is 1.48. The third-order valence-electron chi connectivity index (χ3n) is 3.52. The molecule has 0 fully saturated rings. The van der Waals surface area contributed by atoms with Gasteiger partial charge in [-0.05, 0) is 24.3 Å². The smallest absolute Gasteiger partial charge is 0.313 e. The molecule has 2 aromatic heterocycles. The number of ether oxygens (including phenoxy) is 2. The second-order valence-corrected chi connectivity index (χ2v) is 6.04. The van der Waals surface area contributed by atoms with Gasteiger partial charge in [0.15, 0.2) is 11.0 Å². The Bertz CT molecular complexity index is 914. The van der Waals surface area contributed by atoms with Crippen LogP contribution in [0.2, 0.25) is 0 Å². The summed E-state index contributed by atoms with van der Waals surface area (Å²) in [6.45, 7) is 0. The van der Waals surface area contributed by atoms with Crippen LogP contribution in [0.25, 0.3) is 17.1 Å². The van der Waals surface area contributed by atoms with E-state index in [0.717, 1.165) is 17.3 Å². The highest BCUT2D eigenvalue weighted by molar-refractivity contribution is 7.99. The Morgan fingerprint density at radius 2 is 1.92 bits per heavy atom. The molecule has 0 aliphatic carbocycles. The maximum atomic E-state index is 11.0. The van der Waals surface area contributed by atoms with E-state index in [2.05, 4.69) is 15.2 Å². The van der Waals surface area contributed by atoms with Crippen molar-refractivity contribution in [3.05, 3.63) is 42.7 Å². The highest BCUT2D eigenvalue weighted by Gasteiger charge is 2.20. The number of pyridine rings is 1. The van der Waals surface area contributed by atoms with Crippen LogP contribution in [0.4, 0.5) is 0 Å². The Kier molecular flexibility index (Phi) is 5.37. The summed E-state index contributed by atoms with van der Waals surface area (Å²) in [4.78, 5) is 15.0. The maximum Gasteiger partial charge on any atom is 0.313 e. The molecule has 0 saturated carbocycles. The van der Waals surface area contributed by atoms with Gasteiger partial charge in [-0.25, -0.2) is 0 Å². The molecule has 0 spiro atoms. The minimum atomic E-state index is -0.934. The number of hydrogen-bond donors (Lipinski definition) is 1. The number of aromatic nitrogens is 4. The maximum absolute atomic E-state index is 11.0. The van der Waals surface area contributed by atoms with Gasteiger partial charge in [-0.1, -0.05) is 11.8 Å². The zero-order chi connectivity index (χ0) is 18.5. The van der Waals surface area contributed by atoms with Crippen molar-refractivity contribution in [1.82, 2.24) is 19.7 Å². The number of rotatable bonds is 7. The van der Waals surface area contributed by atoms with Crippen molar-refractivity contribution in [2.75, 3.05) is 20.0 Å². The van der Waals surface area contributed by atoms with Gasteiger partial charge in [-0.3, -0.25) is 14.3 Å². The molecule has 3 rings (SSSR count). The molecule has 0 bridgehead atoms. The third kappa shape index (κ3) is 3.62. The van der Waals surface area contributed by atoms with Gasteiger partial charge in [0.25, 0.3) is 0 Å². The number of carboxylic acids is 1. The van der Waals surface area contributed by atoms with Gasteiger partial charge in [0, 0.05) is 24.0 Å². The fourth-order valence-electron chi connectivity index (χ4n) is 2.36. The van der Waals surface area contributed by atoms with Crippen molar-refractivity contribution in [3.8, 4) is 28.6 Å². The van der Waals surface area contributed by atoms with Crippen molar-refractivity contribution >= 4 is 17.7 Å². The number of aliphatic carboxylic acids is 1. The average Bonchev–Trinajstić information content (AvgIpc) is 3.10. The van der Waals surface area contributed by atoms with Gasteiger partial charge < -0.3 is 14.6 Å². The topological polar surface area (TPSA) is 99.4 Å². The Morgan fingerprint density at radius 1 is 1.15 bits per heavy atom. The van der Waals surface area contributed by atoms with E-state index in [1.165, 1.54) is 0 Å². The summed E-state index contributed by atoms with van der Waals surface area (Å²) in [6, 6.07) is 8.97. The fraction of sp³-hybridized carbons (Fsp3) is 0.176. The van der Waals surface area contributed by atoms with Crippen molar-refractivity contribution in [2.45, 2.75) is 5.16 Å². The summed E-state index contributed by atoms with van der Waals surface area (Å²) in [7, 11) is 3.13. The first kappa shape index (κ1) is 17.7. The van der Waals surface area contributed by atoms with Gasteiger partial charge >= 0.3 is 5.97 Å². The summed E-state index contributed by atoms with van der Waals surface area (Å²) < 4.78 is 12.5. The predicted octanol–water partition coefficient (Wildman–Crippen LogP) is 2.52. The van der Waals surface area contributed by atoms with Crippen molar-refractivity contribution in [3.63, 3.8) is 0 Å². The number of thioether (sulfide) groups is 1. The minimum Gasteiger partial charge on any atom is -0.497 e. The van der Waals surface area contributed by atoms with E-state index < -0.39 is 5.97 Å². The van der Waals surface area contributed by atoms with Gasteiger partial charge in [0.1, 0.15) is 11.5 Å². The van der Waals surface area contributed by atoms with Crippen LogP contribution < -0.4 is 9.47 Å². The molecule has 26 heavy (non-hydrogen) atoms. The molecule has 0 saturated heterocycles. The molecule has 0 radical (unpaired) electrons. The summed E-state index contributed by atoms with van der Waals surface area (Å²) in [5, 5.41) is 17.9. The quantitative estimate of drug-likeness (QED) is 0.632. The van der Waals surface area contributed by atoms with Crippen LogP contribution in [-0.4, -0.2) is 50.8 Å². The molecule has 0 aliphatic heterocycles. The molecular formula is C17H16N4O4S. The first-order valence-electron chi connectivity index (χ1n) is 7.57. The van der Waals surface area contributed by atoms with E-state index >= 15 is 0 Å². The number of carboxylic acid groups (broad SMARTS) is 1.